The lowest BCUT2D eigenvalue weighted by atomic mass is 10.2. The molecule has 0 bridgehead atoms. The number of hydrogen-bond acceptors (Lipinski definition) is 4. The molecule has 1 amide bonds. The number of nitrogens with zero attached hydrogens (tertiary/aromatic N) is 2. The molecule has 0 radical (unpaired) electrons. The highest BCUT2D eigenvalue weighted by Gasteiger charge is 2.28. The summed E-state index contributed by atoms with van der Waals surface area (Å²) in [5, 5.41) is 9.18. The Labute approximate surface area is 100 Å². The van der Waals surface area contributed by atoms with Crippen LogP contribution in [0.15, 0.2) is 18.3 Å². The van der Waals surface area contributed by atoms with E-state index in [2.05, 4.69) is 4.98 Å². The van der Waals surface area contributed by atoms with Gasteiger partial charge in [-0.25, -0.2) is 4.98 Å². The topological polar surface area (TPSA) is 62.7 Å². The molecule has 2 heterocycles. The summed E-state index contributed by atoms with van der Waals surface area (Å²) in [6, 6.07) is 3.31. The monoisotopic (exact) mass is 236 g/mol. The van der Waals surface area contributed by atoms with Crippen LogP contribution in [0.5, 0.6) is 5.88 Å². The first kappa shape index (κ1) is 11.9. The first-order chi connectivity index (χ1) is 8.26. The summed E-state index contributed by atoms with van der Waals surface area (Å²) in [7, 11) is 1.53. The van der Waals surface area contributed by atoms with Crippen molar-refractivity contribution in [3.8, 4) is 5.88 Å². The average Bonchev–Trinajstić information content (AvgIpc) is 2.86. The zero-order chi connectivity index (χ0) is 12.3. The smallest absolute Gasteiger partial charge is 0.255 e. The highest BCUT2D eigenvalue weighted by atomic mass is 16.5. The summed E-state index contributed by atoms with van der Waals surface area (Å²) in [5.41, 5.74) is 0.533. The fourth-order valence-electron chi connectivity index (χ4n) is 2.09. The van der Waals surface area contributed by atoms with E-state index in [-0.39, 0.29) is 18.6 Å². The van der Waals surface area contributed by atoms with E-state index >= 15 is 0 Å². The molecule has 17 heavy (non-hydrogen) atoms. The van der Waals surface area contributed by atoms with Crippen LogP contribution in [-0.4, -0.2) is 47.2 Å². The van der Waals surface area contributed by atoms with Gasteiger partial charge in [-0.2, -0.15) is 0 Å². The Morgan fingerprint density at radius 2 is 2.47 bits per heavy atom. The molecule has 1 N–H and O–H groups in total. The number of amides is 1. The third-order valence-electron chi connectivity index (χ3n) is 3.04. The van der Waals surface area contributed by atoms with E-state index in [1.165, 1.54) is 13.3 Å². The first-order valence-corrected chi connectivity index (χ1v) is 5.68. The molecule has 1 aromatic heterocycles. The maximum absolute atomic E-state index is 12.1. The van der Waals surface area contributed by atoms with E-state index in [0.717, 1.165) is 12.8 Å². The zero-order valence-corrected chi connectivity index (χ0v) is 9.80. The average molecular weight is 236 g/mol. The van der Waals surface area contributed by atoms with Gasteiger partial charge < -0.3 is 14.7 Å². The molecular formula is C12H16N2O3. The van der Waals surface area contributed by atoms with E-state index in [4.69, 9.17) is 4.74 Å². The van der Waals surface area contributed by atoms with Crippen molar-refractivity contribution in [2.45, 2.75) is 18.9 Å². The van der Waals surface area contributed by atoms with Crippen LogP contribution >= 0.6 is 0 Å². The minimum atomic E-state index is -0.0725. The molecule has 0 saturated carbocycles. The molecule has 92 valence electrons. The summed E-state index contributed by atoms with van der Waals surface area (Å²) in [6.07, 6.45) is 3.32. The Morgan fingerprint density at radius 3 is 3.06 bits per heavy atom. The number of rotatable bonds is 3. The highest BCUT2D eigenvalue weighted by molar-refractivity contribution is 5.94. The van der Waals surface area contributed by atoms with Gasteiger partial charge in [-0.15, -0.1) is 0 Å². The van der Waals surface area contributed by atoms with Gasteiger partial charge in [0.05, 0.1) is 25.3 Å². The van der Waals surface area contributed by atoms with Crippen LogP contribution in [-0.2, 0) is 0 Å². The van der Waals surface area contributed by atoms with E-state index in [0.29, 0.717) is 18.0 Å². The number of likely N-dealkylation sites (tertiary alicyclic amines) is 1. The van der Waals surface area contributed by atoms with E-state index in [1.54, 1.807) is 17.0 Å². The number of aliphatic hydroxyl groups excluding tert-OH is 1. The second kappa shape index (κ2) is 5.14. The molecule has 0 aromatic carbocycles. The van der Waals surface area contributed by atoms with Gasteiger partial charge in [0.25, 0.3) is 5.91 Å². The molecule has 1 saturated heterocycles. The van der Waals surface area contributed by atoms with Crippen molar-refractivity contribution >= 4 is 5.91 Å². The Bertz CT molecular complexity index is 391. The number of methoxy groups -OCH3 is 1. The van der Waals surface area contributed by atoms with Crippen molar-refractivity contribution in [2.24, 2.45) is 0 Å². The van der Waals surface area contributed by atoms with Crippen molar-refractivity contribution in [1.29, 1.82) is 0 Å². The first-order valence-electron chi connectivity index (χ1n) is 5.68. The normalized spacial score (nSPS) is 19.4. The lowest BCUT2D eigenvalue weighted by molar-refractivity contribution is 0.0677. The van der Waals surface area contributed by atoms with Gasteiger partial charge in [0.1, 0.15) is 0 Å². The number of aromatic nitrogens is 1. The molecular weight excluding hydrogens is 220 g/mol. The largest absolute Gasteiger partial charge is 0.481 e. The van der Waals surface area contributed by atoms with E-state index < -0.39 is 0 Å². The zero-order valence-electron chi connectivity index (χ0n) is 9.80. The third kappa shape index (κ3) is 2.39. The second-order valence-electron chi connectivity index (χ2n) is 4.07. The number of hydrogen-bond donors (Lipinski definition) is 1. The predicted octanol–water partition coefficient (Wildman–Crippen LogP) is 0.687. The SMILES string of the molecule is COc1ccc(C(=O)N2CCC[C@@H]2CO)cn1. The number of aliphatic hydroxyl groups is 1. The number of carbonyl (C=O) groups is 1. The lowest BCUT2D eigenvalue weighted by Gasteiger charge is -2.22. The van der Waals surface area contributed by atoms with Crippen molar-refractivity contribution in [1.82, 2.24) is 9.88 Å². The molecule has 5 nitrogen and oxygen atoms in total. The number of ether oxygens (including phenoxy) is 1. The van der Waals surface area contributed by atoms with Crippen molar-refractivity contribution in [3.63, 3.8) is 0 Å². The fourth-order valence-corrected chi connectivity index (χ4v) is 2.09. The Hall–Kier alpha value is -1.62. The summed E-state index contributed by atoms with van der Waals surface area (Å²) in [5.74, 6) is 0.415. The molecule has 1 aliphatic rings. The minimum Gasteiger partial charge on any atom is -0.481 e. The second-order valence-corrected chi connectivity index (χ2v) is 4.07. The Morgan fingerprint density at radius 1 is 1.65 bits per heavy atom. The van der Waals surface area contributed by atoms with Crippen molar-refractivity contribution in [3.05, 3.63) is 23.9 Å². The molecule has 1 fully saturated rings. The van der Waals surface area contributed by atoms with Crippen LogP contribution in [0.25, 0.3) is 0 Å². The van der Waals surface area contributed by atoms with Crippen LogP contribution < -0.4 is 4.74 Å². The van der Waals surface area contributed by atoms with Gasteiger partial charge in [0, 0.05) is 18.8 Å². The molecule has 0 aliphatic carbocycles. The minimum absolute atomic E-state index is 0.0231. The maximum Gasteiger partial charge on any atom is 0.255 e. The Kier molecular flexibility index (Phi) is 3.58. The van der Waals surface area contributed by atoms with Crippen LogP contribution in [0.1, 0.15) is 23.2 Å². The highest BCUT2D eigenvalue weighted by Crippen LogP contribution is 2.20. The van der Waals surface area contributed by atoms with Crippen LogP contribution in [0.3, 0.4) is 0 Å². The van der Waals surface area contributed by atoms with Crippen molar-refractivity contribution in [2.75, 3.05) is 20.3 Å². The van der Waals surface area contributed by atoms with Crippen LogP contribution in [0.2, 0.25) is 0 Å². The van der Waals surface area contributed by atoms with Gasteiger partial charge >= 0.3 is 0 Å². The van der Waals surface area contributed by atoms with Crippen LogP contribution in [0.4, 0.5) is 0 Å². The van der Waals surface area contributed by atoms with Gasteiger partial charge in [-0.05, 0) is 18.9 Å². The summed E-state index contributed by atoms with van der Waals surface area (Å²) in [4.78, 5) is 17.9. The molecule has 1 atom stereocenters. The van der Waals surface area contributed by atoms with Crippen LogP contribution in [0, 0.1) is 0 Å². The quantitative estimate of drug-likeness (QED) is 0.838. The summed E-state index contributed by atoms with van der Waals surface area (Å²) < 4.78 is 4.94. The molecule has 1 aliphatic heterocycles. The number of carbonyl (C=O) groups excluding carboxylic acids is 1. The predicted molar refractivity (Wildman–Crippen MR) is 61.9 cm³/mol. The molecule has 1 aromatic rings. The standard InChI is InChI=1S/C12H16N2O3/c1-17-11-5-4-9(7-13-11)12(16)14-6-2-3-10(14)8-15/h4-5,7,10,15H,2-3,6,8H2,1H3/t10-/m1/s1. The van der Waals surface area contributed by atoms with Gasteiger partial charge in [-0.1, -0.05) is 0 Å². The van der Waals surface area contributed by atoms with Gasteiger partial charge in [-0.3, -0.25) is 4.79 Å². The van der Waals surface area contributed by atoms with Crippen molar-refractivity contribution < 1.29 is 14.6 Å². The van der Waals surface area contributed by atoms with Gasteiger partial charge in [0.2, 0.25) is 5.88 Å². The van der Waals surface area contributed by atoms with E-state index in [9.17, 15) is 9.90 Å². The molecule has 2 rings (SSSR count). The van der Waals surface area contributed by atoms with Gasteiger partial charge in [0.15, 0.2) is 0 Å². The molecule has 0 unspecified atom stereocenters. The van der Waals surface area contributed by atoms with E-state index in [1.807, 2.05) is 0 Å². The molecule has 0 spiro atoms. The summed E-state index contributed by atoms with van der Waals surface area (Å²) >= 11 is 0. The fraction of sp³-hybridized carbons (Fsp3) is 0.500. The number of pyridine rings is 1. The lowest BCUT2D eigenvalue weighted by Crippen LogP contribution is -2.37. The molecule has 5 heteroatoms. The maximum atomic E-state index is 12.1. The Balaban J connectivity index is 2.13. The third-order valence-corrected chi connectivity index (χ3v) is 3.04. The summed E-state index contributed by atoms with van der Waals surface area (Å²) in [6.45, 7) is 0.728.